The third kappa shape index (κ3) is 5.09. The molecular weight excluding hydrogens is 497 g/mol. The van der Waals surface area contributed by atoms with Crippen LogP contribution in [0.15, 0.2) is 79.0 Å². The Bertz CT molecular complexity index is 1610. The molecule has 0 aliphatic rings. The minimum Gasteiger partial charge on any atom is -0.306 e. The van der Waals surface area contributed by atoms with Gasteiger partial charge in [-0.05, 0) is 43.3 Å². The largest absolute Gasteiger partial charge is 0.306 e. The molecule has 0 aliphatic heterocycles. The van der Waals surface area contributed by atoms with E-state index in [1.807, 2.05) is 13.0 Å². The Kier molecular flexibility index (Phi) is 6.48. The highest BCUT2D eigenvalue weighted by atomic mass is 35.5. The SMILES string of the molecule is Cc1cc(NC(=O)c2cc(NC(=O)c3cc(-c4ncccc4F)ccc3Cl)n(-c3ccccc3)n2)n[nH]1. The molecule has 0 aliphatic carbocycles. The number of nitrogens with zero attached hydrogens (tertiary/aromatic N) is 4. The van der Waals surface area contributed by atoms with Gasteiger partial charge in [0.25, 0.3) is 11.8 Å². The van der Waals surface area contributed by atoms with Crippen LogP contribution in [0, 0.1) is 12.7 Å². The van der Waals surface area contributed by atoms with Crippen LogP contribution in [-0.4, -0.2) is 36.8 Å². The number of aromatic amines is 1. The van der Waals surface area contributed by atoms with Crippen LogP contribution in [0.2, 0.25) is 5.02 Å². The number of benzene rings is 2. The lowest BCUT2D eigenvalue weighted by molar-refractivity contribution is 0.101. The van der Waals surface area contributed by atoms with Crippen molar-refractivity contribution in [3.63, 3.8) is 0 Å². The van der Waals surface area contributed by atoms with Gasteiger partial charge in [-0.15, -0.1) is 0 Å². The molecule has 3 N–H and O–H groups in total. The monoisotopic (exact) mass is 515 g/mol. The second kappa shape index (κ2) is 10.0. The van der Waals surface area contributed by atoms with Gasteiger partial charge < -0.3 is 10.6 Å². The molecule has 5 aromatic rings. The van der Waals surface area contributed by atoms with Crippen LogP contribution in [0.5, 0.6) is 0 Å². The molecule has 9 nitrogen and oxygen atoms in total. The molecule has 0 atom stereocenters. The van der Waals surface area contributed by atoms with Gasteiger partial charge in [0, 0.05) is 29.6 Å². The fourth-order valence-electron chi connectivity index (χ4n) is 3.64. The molecule has 2 amide bonds. The molecule has 37 heavy (non-hydrogen) atoms. The van der Waals surface area contributed by atoms with Crippen LogP contribution in [0.1, 0.15) is 26.5 Å². The zero-order chi connectivity index (χ0) is 25.9. The van der Waals surface area contributed by atoms with Crippen molar-refractivity contribution in [2.24, 2.45) is 0 Å². The average molecular weight is 516 g/mol. The lowest BCUT2D eigenvalue weighted by Crippen LogP contribution is -2.16. The Morgan fingerprint density at radius 2 is 1.78 bits per heavy atom. The summed E-state index contributed by atoms with van der Waals surface area (Å²) < 4.78 is 15.7. The molecule has 0 spiro atoms. The minimum atomic E-state index is -0.574. The predicted molar refractivity (Wildman–Crippen MR) is 137 cm³/mol. The van der Waals surface area contributed by atoms with Gasteiger partial charge >= 0.3 is 0 Å². The molecule has 3 aromatic heterocycles. The smallest absolute Gasteiger partial charge is 0.277 e. The summed E-state index contributed by atoms with van der Waals surface area (Å²) in [6.07, 6.45) is 1.46. The number of aryl methyl sites for hydroxylation is 1. The van der Waals surface area contributed by atoms with E-state index < -0.39 is 17.6 Å². The summed E-state index contributed by atoms with van der Waals surface area (Å²) in [6.45, 7) is 1.81. The number of para-hydroxylation sites is 1. The highest BCUT2D eigenvalue weighted by Crippen LogP contribution is 2.27. The Hall–Kier alpha value is -4.83. The molecule has 2 aromatic carbocycles. The van der Waals surface area contributed by atoms with Gasteiger partial charge in [0.1, 0.15) is 17.3 Å². The van der Waals surface area contributed by atoms with Crippen LogP contribution in [0.4, 0.5) is 16.0 Å². The van der Waals surface area contributed by atoms with Crippen LogP contribution in [0.25, 0.3) is 16.9 Å². The van der Waals surface area contributed by atoms with Crippen LogP contribution < -0.4 is 10.6 Å². The average Bonchev–Trinajstić information content (AvgIpc) is 3.51. The van der Waals surface area contributed by atoms with Crippen molar-refractivity contribution in [1.29, 1.82) is 0 Å². The number of rotatable bonds is 6. The first kappa shape index (κ1) is 23.9. The summed E-state index contributed by atoms with van der Waals surface area (Å²) in [6, 6.07) is 19.4. The predicted octanol–water partition coefficient (Wildman–Crippen LogP) is 5.26. The third-order valence-corrected chi connectivity index (χ3v) is 5.70. The van der Waals surface area contributed by atoms with Crippen molar-refractivity contribution in [2.75, 3.05) is 10.6 Å². The van der Waals surface area contributed by atoms with Crippen LogP contribution >= 0.6 is 11.6 Å². The molecule has 0 saturated carbocycles. The van der Waals surface area contributed by atoms with E-state index in [2.05, 4.69) is 30.9 Å². The van der Waals surface area contributed by atoms with Gasteiger partial charge in [0.05, 0.1) is 16.3 Å². The zero-order valence-electron chi connectivity index (χ0n) is 19.4. The molecule has 0 radical (unpaired) electrons. The summed E-state index contributed by atoms with van der Waals surface area (Å²) in [5.74, 6) is -1.05. The van der Waals surface area contributed by atoms with E-state index in [1.54, 1.807) is 36.4 Å². The Balaban J connectivity index is 1.48. The van der Waals surface area contributed by atoms with Gasteiger partial charge in [-0.25, -0.2) is 9.07 Å². The van der Waals surface area contributed by atoms with Gasteiger partial charge in [-0.1, -0.05) is 35.9 Å². The van der Waals surface area contributed by atoms with Gasteiger partial charge in [0.15, 0.2) is 11.5 Å². The Labute approximate surface area is 215 Å². The molecule has 3 heterocycles. The van der Waals surface area contributed by atoms with E-state index in [9.17, 15) is 14.0 Å². The summed E-state index contributed by atoms with van der Waals surface area (Å²) in [4.78, 5) is 30.2. The van der Waals surface area contributed by atoms with Crippen molar-refractivity contribution >= 4 is 35.1 Å². The summed E-state index contributed by atoms with van der Waals surface area (Å²) in [5, 5.41) is 16.7. The van der Waals surface area contributed by atoms with E-state index in [0.29, 0.717) is 17.1 Å². The van der Waals surface area contributed by atoms with E-state index in [-0.39, 0.29) is 27.8 Å². The maximum absolute atomic E-state index is 14.3. The maximum Gasteiger partial charge on any atom is 0.277 e. The first-order chi connectivity index (χ1) is 17.9. The number of pyridine rings is 1. The molecule has 0 bridgehead atoms. The highest BCUT2D eigenvalue weighted by molar-refractivity contribution is 6.34. The first-order valence-electron chi connectivity index (χ1n) is 11.1. The standard InChI is InChI=1S/C26H19ClFN7O2/c1-15-12-22(33-32-15)30-26(37)21-14-23(35(34-21)17-6-3-2-4-7-17)31-25(36)18-13-16(9-10-19(18)27)24-20(28)8-5-11-29-24/h2-14H,1H3,(H,31,36)(H2,30,32,33,37). The molecular formula is C26H19ClFN7O2. The van der Waals surface area contributed by atoms with E-state index >= 15 is 0 Å². The highest BCUT2D eigenvalue weighted by Gasteiger charge is 2.20. The Morgan fingerprint density at radius 3 is 2.51 bits per heavy atom. The van der Waals surface area contributed by atoms with Crippen LogP contribution in [0.3, 0.4) is 0 Å². The fraction of sp³-hybridized carbons (Fsp3) is 0.0385. The topological polar surface area (TPSA) is 118 Å². The van der Waals surface area contributed by atoms with E-state index in [1.165, 1.54) is 41.2 Å². The number of hydrogen-bond acceptors (Lipinski definition) is 5. The number of anilines is 2. The molecule has 0 unspecified atom stereocenters. The molecule has 0 fully saturated rings. The quantitative estimate of drug-likeness (QED) is 0.285. The Morgan fingerprint density at radius 1 is 0.973 bits per heavy atom. The second-order valence-electron chi connectivity index (χ2n) is 8.04. The maximum atomic E-state index is 14.3. The van der Waals surface area contributed by atoms with Gasteiger partial charge in [-0.3, -0.25) is 19.7 Å². The number of carbonyl (C=O) groups is 2. The number of halogens is 2. The lowest BCUT2D eigenvalue weighted by Gasteiger charge is -2.11. The molecule has 0 saturated heterocycles. The van der Waals surface area contributed by atoms with Crippen LogP contribution in [-0.2, 0) is 0 Å². The van der Waals surface area contributed by atoms with E-state index in [0.717, 1.165) is 5.69 Å². The van der Waals surface area contributed by atoms with Crippen molar-refractivity contribution in [3.05, 3.63) is 107 Å². The number of nitrogens with one attached hydrogen (secondary N) is 3. The summed E-state index contributed by atoms with van der Waals surface area (Å²) in [5.41, 5.74) is 2.03. The number of H-pyrrole nitrogens is 1. The van der Waals surface area contributed by atoms with Crippen molar-refractivity contribution in [2.45, 2.75) is 6.92 Å². The first-order valence-corrected chi connectivity index (χ1v) is 11.5. The van der Waals surface area contributed by atoms with Gasteiger partial charge in [0.2, 0.25) is 0 Å². The van der Waals surface area contributed by atoms with Crippen molar-refractivity contribution in [1.82, 2.24) is 25.0 Å². The van der Waals surface area contributed by atoms with Gasteiger partial charge in [-0.2, -0.15) is 10.2 Å². The normalized spacial score (nSPS) is 10.8. The molecule has 5 rings (SSSR count). The van der Waals surface area contributed by atoms with Crippen molar-refractivity contribution in [3.8, 4) is 16.9 Å². The minimum absolute atomic E-state index is 0.0511. The lowest BCUT2D eigenvalue weighted by atomic mass is 10.1. The zero-order valence-corrected chi connectivity index (χ0v) is 20.1. The summed E-state index contributed by atoms with van der Waals surface area (Å²) in [7, 11) is 0. The second-order valence-corrected chi connectivity index (χ2v) is 8.44. The number of amides is 2. The fourth-order valence-corrected chi connectivity index (χ4v) is 3.84. The molecule has 184 valence electrons. The number of carbonyl (C=O) groups excluding carboxylic acids is 2. The van der Waals surface area contributed by atoms with E-state index in [4.69, 9.17) is 11.6 Å². The molecule has 11 heteroatoms. The number of hydrogen-bond donors (Lipinski definition) is 3. The van der Waals surface area contributed by atoms with Crippen molar-refractivity contribution < 1.29 is 14.0 Å². The summed E-state index contributed by atoms with van der Waals surface area (Å²) >= 11 is 6.32. The number of aromatic nitrogens is 5. The third-order valence-electron chi connectivity index (χ3n) is 5.37.